The first-order chi connectivity index (χ1) is 9.53. The molecule has 0 saturated carbocycles. The van der Waals surface area contributed by atoms with Crippen LogP contribution in [0.1, 0.15) is 26.3 Å². The van der Waals surface area contributed by atoms with Gasteiger partial charge in [-0.15, -0.1) is 0 Å². The Morgan fingerprint density at radius 1 is 1.20 bits per heavy atom. The van der Waals surface area contributed by atoms with E-state index in [9.17, 15) is 0 Å². The molecule has 0 bridgehead atoms. The maximum absolute atomic E-state index is 5.70. The zero-order valence-electron chi connectivity index (χ0n) is 12.5. The monoisotopic (exact) mass is 273 g/mol. The minimum absolute atomic E-state index is 0.138. The molecule has 1 aromatic carbocycles. The van der Waals surface area contributed by atoms with E-state index < -0.39 is 0 Å². The van der Waals surface area contributed by atoms with Gasteiger partial charge in [0.1, 0.15) is 12.4 Å². The number of benzene rings is 1. The summed E-state index contributed by atoms with van der Waals surface area (Å²) in [6.07, 6.45) is 3.71. The topological polar surface area (TPSA) is 39.1 Å². The molecule has 1 N–H and O–H groups in total. The van der Waals surface area contributed by atoms with Gasteiger partial charge in [-0.25, -0.2) is 0 Å². The summed E-state index contributed by atoms with van der Waals surface area (Å²) in [7, 11) is 0. The van der Waals surface area contributed by atoms with Gasteiger partial charge in [-0.05, 0) is 44.5 Å². The average molecular weight is 273 g/mol. The molecule has 4 nitrogen and oxygen atoms in total. The molecule has 0 aliphatic heterocycles. The van der Waals surface area contributed by atoms with Crippen LogP contribution in [0.2, 0.25) is 0 Å². The van der Waals surface area contributed by atoms with E-state index in [4.69, 9.17) is 4.74 Å². The third-order valence-electron chi connectivity index (χ3n) is 2.89. The molecule has 1 heterocycles. The number of aromatic nitrogens is 2. The normalized spacial score (nSPS) is 11.6. The van der Waals surface area contributed by atoms with Crippen molar-refractivity contribution >= 4 is 0 Å². The van der Waals surface area contributed by atoms with Crippen LogP contribution in [0, 0.1) is 0 Å². The molecule has 1 aromatic heterocycles. The van der Waals surface area contributed by atoms with Crippen LogP contribution in [0.4, 0.5) is 0 Å². The number of hydrogen-bond donors (Lipinski definition) is 1. The highest BCUT2D eigenvalue weighted by atomic mass is 16.5. The Morgan fingerprint density at radius 3 is 2.55 bits per heavy atom. The molecule has 20 heavy (non-hydrogen) atoms. The Labute approximate surface area is 120 Å². The van der Waals surface area contributed by atoms with E-state index in [1.165, 1.54) is 5.56 Å². The second kappa shape index (κ2) is 6.57. The lowest BCUT2D eigenvalue weighted by atomic mass is 10.1. The van der Waals surface area contributed by atoms with E-state index >= 15 is 0 Å². The molecule has 108 valence electrons. The summed E-state index contributed by atoms with van der Waals surface area (Å²) in [6.45, 7) is 8.76. The van der Waals surface area contributed by atoms with Gasteiger partial charge in [-0.3, -0.25) is 4.68 Å². The first-order valence-corrected chi connectivity index (χ1v) is 6.97. The van der Waals surface area contributed by atoms with Crippen molar-refractivity contribution in [2.24, 2.45) is 0 Å². The van der Waals surface area contributed by atoms with Crippen molar-refractivity contribution < 1.29 is 4.74 Å². The summed E-state index contributed by atoms with van der Waals surface area (Å²) in [6, 6.07) is 10.1. The number of ether oxygens (including phenoxy) is 1. The number of nitrogens with zero attached hydrogens (tertiary/aromatic N) is 2. The summed E-state index contributed by atoms with van der Waals surface area (Å²) in [5, 5.41) is 7.60. The Balaban J connectivity index is 1.76. The van der Waals surface area contributed by atoms with Crippen molar-refractivity contribution in [3.8, 4) is 5.75 Å². The lowest BCUT2D eigenvalue weighted by Gasteiger charge is -2.20. The minimum Gasteiger partial charge on any atom is -0.492 e. The van der Waals surface area contributed by atoms with E-state index in [1.807, 2.05) is 29.1 Å². The minimum atomic E-state index is 0.138. The zero-order chi connectivity index (χ0) is 14.4. The van der Waals surface area contributed by atoms with Crippen LogP contribution in [0.15, 0.2) is 42.7 Å². The summed E-state index contributed by atoms with van der Waals surface area (Å²) < 4.78 is 7.56. The van der Waals surface area contributed by atoms with Gasteiger partial charge in [-0.1, -0.05) is 12.1 Å². The van der Waals surface area contributed by atoms with E-state index in [0.717, 1.165) is 18.8 Å². The maximum Gasteiger partial charge on any atom is 0.119 e. The Hall–Kier alpha value is -1.81. The largest absolute Gasteiger partial charge is 0.492 e. The fourth-order valence-electron chi connectivity index (χ4n) is 1.76. The van der Waals surface area contributed by atoms with Crippen LogP contribution in [-0.2, 0) is 13.1 Å². The van der Waals surface area contributed by atoms with Crippen molar-refractivity contribution in [2.45, 2.75) is 39.4 Å². The molecule has 0 aliphatic carbocycles. The molecule has 0 aliphatic rings. The molecular formula is C16H23N3O. The summed E-state index contributed by atoms with van der Waals surface area (Å²) in [5.74, 6) is 0.900. The quantitative estimate of drug-likeness (QED) is 0.879. The van der Waals surface area contributed by atoms with Crippen molar-refractivity contribution in [1.29, 1.82) is 0 Å². The van der Waals surface area contributed by atoms with Gasteiger partial charge in [0.2, 0.25) is 0 Å². The van der Waals surface area contributed by atoms with Gasteiger partial charge in [0, 0.05) is 24.5 Å². The predicted octanol–water partition coefficient (Wildman–Crippen LogP) is 2.85. The zero-order valence-corrected chi connectivity index (χ0v) is 12.5. The third kappa shape index (κ3) is 5.05. The molecular weight excluding hydrogens is 250 g/mol. The van der Waals surface area contributed by atoms with E-state index in [0.29, 0.717) is 6.61 Å². The highest BCUT2D eigenvalue weighted by molar-refractivity contribution is 5.27. The lowest BCUT2D eigenvalue weighted by Crippen LogP contribution is -2.35. The maximum atomic E-state index is 5.70. The molecule has 2 aromatic rings. The van der Waals surface area contributed by atoms with E-state index in [1.54, 1.807) is 6.20 Å². The second-order valence-corrected chi connectivity index (χ2v) is 5.87. The molecule has 0 fully saturated rings. The Bertz CT molecular complexity index is 498. The fourth-order valence-corrected chi connectivity index (χ4v) is 1.76. The van der Waals surface area contributed by atoms with Gasteiger partial charge in [-0.2, -0.15) is 5.10 Å². The van der Waals surface area contributed by atoms with Crippen LogP contribution in [0.25, 0.3) is 0 Å². The van der Waals surface area contributed by atoms with Crippen molar-refractivity contribution in [3.63, 3.8) is 0 Å². The van der Waals surface area contributed by atoms with E-state index in [2.05, 4.69) is 43.3 Å². The highest BCUT2D eigenvalue weighted by Crippen LogP contribution is 2.13. The standard InChI is InChI=1S/C16H23N3O/c1-16(2,3)17-13-14-5-7-15(8-6-14)20-12-11-19-10-4-9-18-19/h4-10,17H,11-13H2,1-3H3. The lowest BCUT2D eigenvalue weighted by molar-refractivity contribution is 0.291. The van der Waals surface area contributed by atoms with Gasteiger partial charge < -0.3 is 10.1 Å². The first-order valence-electron chi connectivity index (χ1n) is 6.97. The molecule has 0 spiro atoms. The molecule has 4 heteroatoms. The van der Waals surface area contributed by atoms with Gasteiger partial charge >= 0.3 is 0 Å². The van der Waals surface area contributed by atoms with Crippen LogP contribution in [-0.4, -0.2) is 21.9 Å². The van der Waals surface area contributed by atoms with Gasteiger partial charge in [0.15, 0.2) is 0 Å². The van der Waals surface area contributed by atoms with Crippen LogP contribution in [0.5, 0.6) is 5.75 Å². The molecule has 0 saturated heterocycles. The number of rotatable bonds is 6. The van der Waals surface area contributed by atoms with Crippen molar-refractivity contribution in [2.75, 3.05) is 6.61 Å². The number of hydrogen-bond acceptors (Lipinski definition) is 3. The predicted molar refractivity (Wildman–Crippen MR) is 80.8 cm³/mol. The smallest absolute Gasteiger partial charge is 0.119 e. The second-order valence-electron chi connectivity index (χ2n) is 5.87. The average Bonchev–Trinajstić information content (AvgIpc) is 2.90. The van der Waals surface area contributed by atoms with Crippen molar-refractivity contribution in [1.82, 2.24) is 15.1 Å². The highest BCUT2D eigenvalue weighted by Gasteiger charge is 2.08. The summed E-state index contributed by atoms with van der Waals surface area (Å²) in [5.41, 5.74) is 1.40. The van der Waals surface area contributed by atoms with E-state index in [-0.39, 0.29) is 5.54 Å². The first kappa shape index (κ1) is 14.6. The molecule has 0 unspecified atom stereocenters. The van der Waals surface area contributed by atoms with Gasteiger partial charge in [0.05, 0.1) is 6.54 Å². The molecule has 0 atom stereocenters. The van der Waals surface area contributed by atoms with Crippen LogP contribution in [0.3, 0.4) is 0 Å². The summed E-state index contributed by atoms with van der Waals surface area (Å²) in [4.78, 5) is 0. The van der Waals surface area contributed by atoms with Crippen molar-refractivity contribution in [3.05, 3.63) is 48.3 Å². The summed E-state index contributed by atoms with van der Waals surface area (Å²) >= 11 is 0. The van der Waals surface area contributed by atoms with Gasteiger partial charge in [0.25, 0.3) is 0 Å². The molecule has 0 amide bonds. The Morgan fingerprint density at radius 2 is 1.95 bits per heavy atom. The molecule has 0 radical (unpaired) electrons. The molecule has 2 rings (SSSR count). The van der Waals surface area contributed by atoms with Crippen LogP contribution < -0.4 is 10.1 Å². The Kier molecular flexibility index (Phi) is 4.79. The third-order valence-corrected chi connectivity index (χ3v) is 2.89. The SMILES string of the molecule is CC(C)(C)NCc1ccc(OCCn2cccn2)cc1. The number of nitrogens with one attached hydrogen (secondary N) is 1. The fraction of sp³-hybridized carbons (Fsp3) is 0.438. The van der Waals surface area contributed by atoms with Crippen LogP contribution >= 0.6 is 0 Å².